The van der Waals surface area contributed by atoms with Crippen LogP contribution in [0.3, 0.4) is 0 Å². The lowest BCUT2D eigenvalue weighted by atomic mass is 9.81. The van der Waals surface area contributed by atoms with E-state index < -0.39 is 0 Å². The molecule has 0 unspecified atom stereocenters. The Hall–Kier alpha value is -6.25. The highest BCUT2D eigenvalue weighted by atomic mass is 15.0. The lowest BCUT2D eigenvalue weighted by Crippen LogP contribution is -2.14. The lowest BCUT2D eigenvalue weighted by Gasteiger charge is -2.22. The van der Waals surface area contributed by atoms with Gasteiger partial charge >= 0.3 is 0 Å². The maximum absolute atomic E-state index is 5.14. The van der Waals surface area contributed by atoms with Crippen molar-refractivity contribution in [2.75, 3.05) is 0 Å². The summed E-state index contributed by atoms with van der Waals surface area (Å²) < 4.78 is 2.34. The van der Waals surface area contributed by atoms with Crippen molar-refractivity contribution in [3.8, 4) is 33.4 Å². The average molecular weight is 637 g/mol. The predicted molar refractivity (Wildman–Crippen MR) is 211 cm³/mol. The van der Waals surface area contributed by atoms with E-state index in [0.29, 0.717) is 0 Å². The molecule has 1 aliphatic carbocycles. The first kappa shape index (κ1) is 27.7. The second kappa shape index (κ2) is 9.90. The molecule has 0 aliphatic heterocycles. The summed E-state index contributed by atoms with van der Waals surface area (Å²) in [6.07, 6.45) is 0. The molecule has 2 nitrogen and oxygen atoms in total. The third-order valence-electron chi connectivity index (χ3n) is 11.3. The van der Waals surface area contributed by atoms with Gasteiger partial charge in [-0.2, -0.15) is 0 Å². The molecular formula is C48H32N2. The number of aromatic nitrogens is 2. The van der Waals surface area contributed by atoms with Crippen molar-refractivity contribution in [1.82, 2.24) is 9.38 Å². The Balaban J connectivity index is 1.06. The van der Waals surface area contributed by atoms with Crippen molar-refractivity contribution < 1.29 is 0 Å². The van der Waals surface area contributed by atoms with Crippen molar-refractivity contribution >= 4 is 59.9 Å². The highest BCUT2D eigenvalue weighted by Gasteiger charge is 2.35. The molecule has 2 heterocycles. The zero-order chi connectivity index (χ0) is 33.1. The van der Waals surface area contributed by atoms with Crippen molar-refractivity contribution in [3.05, 3.63) is 169 Å². The molecule has 0 N–H and O–H groups in total. The quantitative estimate of drug-likeness (QED) is 0.173. The Morgan fingerprint density at radius 2 is 1.08 bits per heavy atom. The van der Waals surface area contributed by atoms with Gasteiger partial charge in [0.25, 0.3) is 0 Å². The van der Waals surface area contributed by atoms with Gasteiger partial charge < -0.3 is 0 Å². The number of rotatable bonds is 2. The van der Waals surface area contributed by atoms with Crippen molar-refractivity contribution in [2.45, 2.75) is 19.3 Å². The fourth-order valence-corrected chi connectivity index (χ4v) is 8.80. The first-order chi connectivity index (χ1) is 24.5. The van der Waals surface area contributed by atoms with Crippen molar-refractivity contribution in [1.29, 1.82) is 0 Å². The number of pyridine rings is 1. The van der Waals surface area contributed by atoms with Gasteiger partial charge in [0.15, 0.2) is 0 Å². The first-order valence-corrected chi connectivity index (χ1v) is 17.5. The lowest BCUT2D eigenvalue weighted by molar-refractivity contribution is 0.660. The highest BCUT2D eigenvalue weighted by Crippen LogP contribution is 2.49. The van der Waals surface area contributed by atoms with Gasteiger partial charge in [0.05, 0.1) is 16.6 Å². The number of fused-ring (bicyclic) bond motifs is 14. The molecule has 10 aromatic rings. The van der Waals surface area contributed by atoms with Crippen LogP contribution >= 0.6 is 0 Å². The van der Waals surface area contributed by atoms with Crippen LogP contribution in [0.2, 0.25) is 0 Å². The SMILES string of the molecule is CC1(C)c2ccccc2-c2ccc(-c3ccc4cc(-c5ccc6c(c5)c5c7ccccc7ccc5c5nc7ccccc7n65)ccc4c3)cc21. The summed E-state index contributed by atoms with van der Waals surface area (Å²) in [6, 6.07) is 58.3. The van der Waals surface area contributed by atoms with E-state index in [1.165, 1.54) is 87.7 Å². The number of hydrogen-bond acceptors (Lipinski definition) is 1. The van der Waals surface area contributed by atoms with Crippen LogP contribution < -0.4 is 0 Å². The number of nitrogens with zero attached hydrogens (tertiary/aromatic N) is 2. The summed E-state index contributed by atoms with van der Waals surface area (Å²) in [5.74, 6) is 0. The molecule has 0 spiro atoms. The fourth-order valence-electron chi connectivity index (χ4n) is 8.80. The van der Waals surface area contributed by atoms with Crippen LogP contribution in [0.5, 0.6) is 0 Å². The molecule has 0 atom stereocenters. The summed E-state index contributed by atoms with van der Waals surface area (Å²) in [6.45, 7) is 4.70. The average Bonchev–Trinajstić information content (AvgIpc) is 3.67. The third-order valence-corrected chi connectivity index (χ3v) is 11.3. The van der Waals surface area contributed by atoms with Gasteiger partial charge in [0.1, 0.15) is 5.65 Å². The molecule has 0 saturated heterocycles. The molecule has 2 aromatic heterocycles. The molecule has 2 heteroatoms. The third kappa shape index (κ3) is 3.76. The van der Waals surface area contributed by atoms with Crippen LogP contribution in [0.25, 0.3) is 93.3 Å². The van der Waals surface area contributed by atoms with Gasteiger partial charge in [-0.15, -0.1) is 0 Å². The molecule has 0 fully saturated rings. The summed E-state index contributed by atoms with van der Waals surface area (Å²) in [4.78, 5) is 5.14. The Labute approximate surface area is 289 Å². The molecular weight excluding hydrogens is 605 g/mol. The van der Waals surface area contributed by atoms with Gasteiger partial charge in [0, 0.05) is 21.6 Å². The summed E-state index contributed by atoms with van der Waals surface area (Å²) >= 11 is 0. The molecule has 234 valence electrons. The molecule has 8 aromatic carbocycles. The van der Waals surface area contributed by atoms with Crippen LogP contribution in [0.4, 0.5) is 0 Å². The van der Waals surface area contributed by atoms with E-state index in [0.717, 1.165) is 16.7 Å². The second-order valence-corrected chi connectivity index (χ2v) is 14.4. The maximum atomic E-state index is 5.14. The standard InChI is InChI=1S/C48H32N2/c1-48(2)41-12-6-5-11-37(41)38-22-20-35(28-42(38)48)33-18-16-30-25-32(17-15-31(30)26-33)34-21-24-44-40(27-34)46-36-10-4-3-9-29(36)19-23-39(46)47-49-43-13-7-8-14-45(43)50(44)47/h3-28H,1-2H3. The van der Waals surface area contributed by atoms with E-state index in [1.807, 2.05) is 0 Å². The molecule has 0 saturated carbocycles. The minimum absolute atomic E-state index is 0.0120. The molecule has 0 amide bonds. The van der Waals surface area contributed by atoms with Crippen LogP contribution in [-0.4, -0.2) is 9.38 Å². The van der Waals surface area contributed by atoms with Crippen LogP contribution in [-0.2, 0) is 5.41 Å². The van der Waals surface area contributed by atoms with Crippen molar-refractivity contribution in [2.24, 2.45) is 0 Å². The zero-order valence-corrected chi connectivity index (χ0v) is 27.9. The molecule has 11 rings (SSSR count). The van der Waals surface area contributed by atoms with Gasteiger partial charge in [0.2, 0.25) is 0 Å². The van der Waals surface area contributed by atoms with Gasteiger partial charge in [-0.05, 0) is 115 Å². The molecule has 0 bridgehead atoms. The summed E-state index contributed by atoms with van der Waals surface area (Å²) in [5.41, 5.74) is 14.8. The molecule has 50 heavy (non-hydrogen) atoms. The minimum Gasteiger partial charge on any atom is -0.292 e. The number of para-hydroxylation sites is 2. The summed E-state index contributed by atoms with van der Waals surface area (Å²) in [7, 11) is 0. The second-order valence-electron chi connectivity index (χ2n) is 14.4. The van der Waals surface area contributed by atoms with E-state index in [1.54, 1.807) is 0 Å². The fraction of sp³-hybridized carbons (Fsp3) is 0.0625. The predicted octanol–water partition coefficient (Wildman–Crippen LogP) is 12.7. The largest absolute Gasteiger partial charge is 0.292 e. The Kier molecular flexibility index (Phi) is 5.48. The van der Waals surface area contributed by atoms with Gasteiger partial charge in [-0.25, -0.2) is 4.98 Å². The van der Waals surface area contributed by atoms with E-state index in [2.05, 4.69) is 176 Å². The van der Waals surface area contributed by atoms with Gasteiger partial charge in [-0.1, -0.05) is 123 Å². The van der Waals surface area contributed by atoms with Crippen LogP contribution in [0.15, 0.2) is 158 Å². The minimum atomic E-state index is -0.0120. The van der Waals surface area contributed by atoms with E-state index in [4.69, 9.17) is 4.98 Å². The topological polar surface area (TPSA) is 17.3 Å². The van der Waals surface area contributed by atoms with E-state index in [9.17, 15) is 0 Å². The number of imidazole rings is 1. The van der Waals surface area contributed by atoms with Gasteiger partial charge in [-0.3, -0.25) is 4.40 Å². The monoisotopic (exact) mass is 636 g/mol. The van der Waals surface area contributed by atoms with E-state index >= 15 is 0 Å². The highest BCUT2D eigenvalue weighted by molar-refractivity contribution is 6.24. The van der Waals surface area contributed by atoms with E-state index in [-0.39, 0.29) is 5.41 Å². The normalized spacial score (nSPS) is 13.6. The van der Waals surface area contributed by atoms with Crippen LogP contribution in [0, 0.1) is 0 Å². The molecule has 1 aliphatic rings. The molecule has 0 radical (unpaired) electrons. The Morgan fingerprint density at radius 3 is 1.94 bits per heavy atom. The van der Waals surface area contributed by atoms with Crippen LogP contribution in [0.1, 0.15) is 25.0 Å². The number of benzene rings is 8. The smallest absolute Gasteiger partial charge is 0.146 e. The summed E-state index contributed by atoms with van der Waals surface area (Å²) in [5, 5.41) is 8.66. The first-order valence-electron chi connectivity index (χ1n) is 17.5. The Morgan fingerprint density at radius 1 is 0.440 bits per heavy atom. The van der Waals surface area contributed by atoms with Crippen molar-refractivity contribution in [3.63, 3.8) is 0 Å². The Bertz CT molecular complexity index is 3070. The zero-order valence-electron chi connectivity index (χ0n) is 27.9. The number of hydrogen-bond donors (Lipinski definition) is 0. The maximum Gasteiger partial charge on any atom is 0.146 e.